The second-order valence-corrected chi connectivity index (χ2v) is 2.43. The molecule has 1 aliphatic heterocycles. The van der Waals surface area contributed by atoms with Crippen LogP contribution in [0.5, 0.6) is 0 Å². The number of nitrogens with zero attached hydrogens (tertiary/aromatic N) is 1. The minimum absolute atomic E-state index is 0. The first kappa shape index (κ1) is 10.2. The Morgan fingerprint density at radius 2 is 2.36 bits per heavy atom. The molecule has 0 bridgehead atoms. The molecule has 1 saturated heterocycles. The summed E-state index contributed by atoms with van der Waals surface area (Å²) in [6.07, 6.45) is 0.416. The molecule has 0 spiro atoms. The third-order valence-corrected chi connectivity index (χ3v) is 1.78. The van der Waals surface area contributed by atoms with E-state index >= 15 is 0 Å². The van der Waals surface area contributed by atoms with Crippen LogP contribution in [0.4, 0.5) is 0 Å². The van der Waals surface area contributed by atoms with Crippen molar-refractivity contribution in [2.75, 3.05) is 13.1 Å². The van der Waals surface area contributed by atoms with Crippen molar-refractivity contribution in [3.05, 3.63) is 0 Å². The highest BCUT2D eigenvalue weighted by Crippen LogP contribution is 2.23. The van der Waals surface area contributed by atoms with Gasteiger partial charge in [0.05, 0.1) is 6.07 Å². The maximum Gasteiger partial charge on any atom is 0.325 e. The van der Waals surface area contributed by atoms with Crippen LogP contribution in [0.15, 0.2) is 0 Å². The van der Waals surface area contributed by atoms with Crippen molar-refractivity contribution in [2.45, 2.75) is 6.42 Å². The molecule has 1 heterocycles. The van der Waals surface area contributed by atoms with Gasteiger partial charge in [-0.1, -0.05) is 0 Å². The molecule has 0 aromatic rings. The average Bonchev–Trinajstić information content (AvgIpc) is 2.35. The molecule has 11 heavy (non-hydrogen) atoms. The van der Waals surface area contributed by atoms with Gasteiger partial charge in [-0.25, -0.2) is 0 Å². The van der Waals surface area contributed by atoms with Crippen molar-refractivity contribution in [1.82, 2.24) is 5.32 Å². The Hall–Kier alpha value is -0.790. The molecule has 0 radical (unpaired) electrons. The molecule has 1 aliphatic rings. The molecule has 1 atom stereocenters. The summed E-state index contributed by atoms with van der Waals surface area (Å²) in [7, 11) is 0. The number of nitrogens with one attached hydrogen (secondary N) is 1. The summed E-state index contributed by atoms with van der Waals surface area (Å²) in [6.45, 7) is 0.901. The van der Waals surface area contributed by atoms with Crippen LogP contribution < -0.4 is 5.32 Å². The lowest BCUT2D eigenvalue weighted by molar-refractivity contribution is -0.144. The van der Waals surface area contributed by atoms with Gasteiger partial charge in [-0.15, -0.1) is 12.4 Å². The summed E-state index contributed by atoms with van der Waals surface area (Å²) in [6, 6.07) is 1.81. The number of rotatable bonds is 1. The molecule has 2 N–H and O–H groups in total. The molecule has 1 rings (SSSR count). The van der Waals surface area contributed by atoms with E-state index in [2.05, 4.69) is 5.32 Å². The highest BCUT2D eigenvalue weighted by atomic mass is 35.5. The van der Waals surface area contributed by atoms with Gasteiger partial charge >= 0.3 is 5.97 Å². The molecule has 62 valence electrons. The van der Waals surface area contributed by atoms with E-state index in [1.54, 1.807) is 0 Å². The zero-order valence-corrected chi connectivity index (χ0v) is 6.65. The molecule has 0 aromatic carbocycles. The lowest BCUT2D eigenvalue weighted by Crippen LogP contribution is -2.31. The van der Waals surface area contributed by atoms with Crippen LogP contribution in [-0.2, 0) is 4.79 Å². The smallest absolute Gasteiger partial charge is 0.325 e. The van der Waals surface area contributed by atoms with Gasteiger partial charge in [0.15, 0.2) is 5.41 Å². The summed E-state index contributed by atoms with van der Waals surface area (Å²) in [5.74, 6) is -1.01. The van der Waals surface area contributed by atoms with Gasteiger partial charge < -0.3 is 10.4 Å². The fraction of sp³-hybridized carbons (Fsp3) is 0.667. The van der Waals surface area contributed by atoms with Gasteiger partial charge in [-0.3, -0.25) is 4.79 Å². The number of hydrogen-bond acceptors (Lipinski definition) is 3. The van der Waals surface area contributed by atoms with Crippen LogP contribution in [0.25, 0.3) is 0 Å². The number of carbonyl (C=O) groups is 1. The van der Waals surface area contributed by atoms with E-state index < -0.39 is 11.4 Å². The SMILES string of the molecule is Cl.N#CC1(C(=O)O)CCNC1. The van der Waals surface area contributed by atoms with Crippen LogP contribution in [0.1, 0.15) is 6.42 Å². The number of carboxylic acids is 1. The van der Waals surface area contributed by atoms with Gasteiger partial charge in [0.25, 0.3) is 0 Å². The average molecular weight is 177 g/mol. The van der Waals surface area contributed by atoms with Gasteiger partial charge in [0.2, 0.25) is 0 Å². The largest absolute Gasteiger partial charge is 0.480 e. The lowest BCUT2D eigenvalue weighted by atomic mass is 9.90. The predicted octanol–water partition coefficient (Wildman–Crippen LogP) is -0.00392. The molecule has 0 aliphatic carbocycles. The highest BCUT2D eigenvalue weighted by molar-refractivity contribution is 5.85. The zero-order chi connectivity index (χ0) is 7.61. The number of nitriles is 1. The molecule has 0 aromatic heterocycles. The van der Waals surface area contributed by atoms with Crippen molar-refractivity contribution in [3.63, 3.8) is 0 Å². The van der Waals surface area contributed by atoms with Gasteiger partial charge in [0.1, 0.15) is 0 Å². The monoisotopic (exact) mass is 176 g/mol. The van der Waals surface area contributed by atoms with E-state index in [4.69, 9.17) is 10.4 Å². The van der Waals surface area contributed by atoms with Gasteiger partial charge in [-0.05, 0) is 13.0 Å². The molecular formula is C6H9ClN2O2. The summed E-state index contributed by atoms with van der Waals surface area (Å²) < 4.78 is 0. The first-order chi connectivity index (χ1) is 4.71. The summed E-state index contributed by atoms with van der Waals surface area (Å²) >= 11 is 0. The van der Waals surface area contributed by atoms with Crippen LogP contribution in [0.2, 0.25) is 0 Å². The van der Waals surface area contributed by atoms with Crippen LogP contribution in [0.3, 0.4) is 0 Å². The van der Waals surface area contributed by atoms with Crippen molar-refractivity contribution >= 4 is 18.4 Å². The first-order valence-corrected chi connectivity index (χ1v) is 3.07. The van der Waals surface area contributed by atoms with Crippen molar-refractivity contribution in [3.8, 4) is 6.07 Å². The predicted molar refractivity (Wildman–Crippen MR) is 40.4 cm³/mol. The molecule has 0 saturated carbocycles. The third kappa shape index (κ3) is 1.62. The standard InChI is InChI=1S/C6H8N2O2.ClH/c7-3-6(5(9)10)1-2-8-4-6;/h8H,1-2,4H2,(H,9,10);1H. The lowest BCUT2D eigenvalue weighted by Gasteiger charge is -2.10. The topological polar surface area (TPSA) is 73.1 Å². The van der Waals surface area contributed by atoms with Crippen LogP contribution in [-0.4, -0.2) is 24.2 Å². The number of hydrogen-bond donors (Lipinski definition) is 2. The maximum absolute atomic E-state index is 10.5. The quantitative estimate of drug-likeness (QED) is 0.590. The Morgan fingerprint density at radius 1 is 1.73 bits per heavy atom. The van der Waals surface area contributed by atoms with Crippen molar-refractivity contribution < 1.29 is 9.90 Å². The number of halogens is 1. The molecule has 4 nitrogen and oxygen atoms in total. The van der Waals surface area contributed by atoms with E-state index in [0.29, 0.717) is 13.0 Å². The number of carboxylic acid groups (broad SMARTS) is 1. The molecule has 1 fully saturated rings. The Morgan fingerprint density at radius 3 is 2.55 bits per heavy atom. The Labute approximate surface area is 70.6 Å². The van der Waals surface area contributed by atoms with E-state index in [0.717, 1.165) is 0 Å². The Bertz CT molecular complexity index is 193. The molecule has 0 amide bonds. The van der Waals surface area contributed by atoms with E-state index in [1.807, 2.05) is 6.07 Å². The van der Waals surface area contributed by atoms with Crippen LogP contribution >= 0.6 is 12.4 Å². The molecule has 5 heteroatoms. The van der Waals surface area contributed by atoms with Crippen LogP contribution in [0, 0.1) is 16.7 Å². The summed E-state index contributed by atoms with van der Waals surface area (Å²) in [4.78, 5) is 10.5. The minimum Gasteiger partial charge on any atom is -0.480 e. The van der Waals surface area contributed by atoms with Crippen molar-refractivity contribution in [2.24, 2.45) is 5.41 Å². The van der Waals surface area contributed by atoms with Gasteiger partial charge in [-0.2, -0.15) is 5.26 Å². The summed E-state index contributed by atoms with van der Waals surface area (Å²) in [5.41, 5.74) is -1.15. The maximum atomic E-state index is 10.5. The third-order valence-electron chi connectivity index (χ3n) is 1.78. The van der Waals surface area contributed by atoms with Crippen molar-refractivity contribution in [1.29, 1.82) is 5.26 Å². The van der Waals surface area contributed by atoms with E-state index in [9.17, 15) is 4.79 Å². The van der Waals surface area contributed by atoms with E-state index in [1.165, 1.54) is 0 Å². The molecule has 1 unspecified atom stereocenters. The molecular weight excluding hydrogens is 168 g/mol. The number of aliphatic carboxylic acids is 1. The summed E-state index contributed by atoms with van der Waals surface area (Å²) in [5, 5.41) is 20.0. The first-order valence-electron chi connectivity index (χ1n) is 3.07. The fourth-order valence-corrected chi connectivity index (χ4v) is 1.02. The fourth-order valence-electron chi connectivity index (χ4n) is 1.02. The highest BCUT2D eigenvalue weighted by Gasteiger charge is 2.41. The second-order valence-electron chi connectivity index (χ2n) is 2.43. The zero-order valence-electron chi connectivity index (χ0n) is 5.83. The normalized spacial score (nSPS) is 28.6. The Balaban J connectivity index is 0.000001000. The Kier molecular flexibility index (Phi) is 3.30. The van der Waals surface area contributed by atoms with E-state index in [-0.39, 0.29) is 19.0 Å². The second kappa shape index (κ2) is 3.56. The minimum atomic E-state index is -1.15. The van der Waals surface area contributed by atoms with Gasteiger partial charge in [0, 0.05) is 6.54 Å².